The summed E-state index contributed by atoms with van der Waals surface area (Å²) >= 11 is 7.57. The highest BCUT2D eigenvalue weighted by atomic mass is 35.5. The van der Waals surface area contributed by atoms with Crippen molar-refractivity contribution in [2.45, 2.75) is 12.2 Å². The first kappa shape index (κ1) is 18.7. The minimum absolute atomic E-state index is 0.0261. The number of rotatable bonds is 6. The molecular formula is C20H17ClN4O2S. The molecule has 0 N–H and O–H groups in total. The molecule has 0 atom stereocenters. The topological polar surface area (TPSA) is 71.6 Å². The summed E-state index contributed by atoms with van der Waals surface area (Å²) in [6.07, 6.45) is 0.769. The van der Waals surface area contributed by atoms with Crippen LogP contribution >= 0.6 is 23.4 Å². The highest BCUT2D eigenvalue weighted by Gasteiger charge is 2.21. The molecule has 142 valence electrons. The summed E-state index contributed by atoms with van der Waals surface area (Å²) in [6, 6.07) is 17.3. The lowest BCUT2D eigenvalue weighted by Crippen LogP contribution is -2.25. The summed E-state index contributed by atoms with van der Waals surface area (Å²) in [6.45, 7) is 0.612. The molecule has 0 fully saturated rings. The maximum Gasteiger partial charge on any atom is 0.252 e. The van der Waals surface area contributed by atoms with Crippen molar-refractivity contribution in [3.05, 3.63) is 71.1 Å². The van der Waals surface area contributed by atoms with Crippen LogP contribution in [0.3, 0.4) is 0 Å². The summed E-state index contributed by atoms with van der Waals surface area (Å²) in [5, 5.41) is 10.5. The molecule has 3 aromatic rings. The Morgan fingerprint density at radius 1 is 1.14 bits per heavy atom. The molecule has 0 unspecified atom stereocenters. The molecule has 0 radical (unpaired) electrons. The van der Waals surface area contributed by atoms with Gasteiger partial charge in [-0.1, -0.05) is 59.2 Å². The lowest BCUT2D eigenvalue weighted by molar-refractivity contribution is -0.127. The van der Waals surface area contributed by atoms with Crippen molar-refractivity contribution in [2.75, 3.05) is 12.3 Å². The van der Waals surface area contributed by atoms with Crippen LogP contribution in [0, 0.1) is 0 Å². The van der Waals surface area contributed by atoms with Gasteiger partial charge in [0, 0.05) is 12.0 Å². The van der Waals surface area contributed by atoms with E-state index in [-0.39, 0.29) is 5.91 Å². The van der Waals surface area contributed by atoms with E-state index in [9.17, 15) is 4.79 Å². The number of carbonyl (C=O) groups excluding carboxylic acids is 1. The number of aromatic nitrogens is 2. The van der Waals surface area contributed by atoms with Gasteiger partial charge in [-0.15, -0.1) is 11.8 Å². The Morgan fingerprint density at radius 2 is 1.93 bits per heavy atom. The summed E-state index contributed by atoms with van der Waals surface area (Å²) < 4.78 is 5.26. The molecule has 0 aliphatic carbocycles. The van der Waals surface area contributed by atoms with Crippen LogP contribution in [0.15, 0.2) is 64.2 Å². The van der Waals surface area contributed by atoms with Gasteiger partial charge in [0.15, 0.2) is 0 Å². The van der Waals surface area contributed by atoms with Gasteiger partial charge >= 0.3 is 0 Å². The van der Waals surface area contributed by atoms with Gasteiger partial charge in [0.05, 0.1) is 28.8 Å². The van der Waals surface area contributed by atoms with Crippen LogP contribution in [0.2, 0.25) is 5.02 Å². The van der Waals surface area contributed by atoms with E-state index in [1.54, 1.807) is 6.07 Å². The van der Waals surface area contributed by atoms with Crippen LogP contribution in [0.25, 0.3) is 11.4 Å². The van der Waals surface area contributed by atoms with Gasteiger partial charge in [-0.3, -0.25) is 4.79 Å². The molecule has 1 aliphatic rings. The fourth-order valence-corrected chi connectivity index (χ4v) is 3.77. The number of thioether (sulfide) groups is 1. The third-order valence-electron chi connectivity index (χ3n) is 4.23. The minimum atomic E-state index is -0.0261. The van der Waals surface area contributed by atoms with Crippen molar-refractivity contribution in [3.8, 4) is 11.4 Å². The zero-order chi connectivity index (χ0) is 19.3. The second-order valence-electron chi connectivity index (χ2n) is 6.16. The quantitative estimate of drug-likeness (QED) is 0.604. The average molecular weight is 413 g/mol. The number of benzene rings is 2. The molecule has 0 saturated carbocycles. The number of carbonyl (C=O) groups is 1. The van der Waals surface area contributed by atoms with Gasteiger partial charge in [0.1, 0.15) is 0 Å². The minimum Gasteiger partial charge on any atom is -0.338 e. The van der Waals surface area contributed by atoms with E-state index in [1.807, 2.05) is 48.5 Å². The first-order valence-corrected chi connectivity index (χ1v) is 10.3. The normalized spacial score (nSPS) is 13.6. The smallest absolute Gasteiger partial charge is 0.252 e. The van der Waals surface area contributed by atoms with Crippen LogP contribution < -0.4 is 0 Å². The number of hydrazone groups is 1. The van der Waals surface area contributed by atoms with Gasteiger partial charge < -0.3 is 4.52 Å². The molecule has 1 aliphatic heterocycles. The molecule has 4 rings (SSSR count). The summed E-state index contributed by atoms with van der Waals surface area (Å²) in [4.78, 5) is 16.7. The van der Waals surface area contributed by atoms with Crippen LogP contribution in [0.5, 0.6) is 0 Å². The predicted molar refractivity (Wildman–Crippen MR) is 110 cm³/mol. The molecule has 1 amide bonds. The van der Waals surface area contributed by atoms with E-state index < -0.39 is 0 Å². The van der Waals surface area contributed by atoms with Crippen LogP contribution in [-0.4, -0.2) is 39.1 Å². The van der Waals surface area contributed by atoms with Gasteiger partial charge in [0.25, 0.3) is 5.91 Å². The van der Waals surface area contributed by atoms with E-state index in [1.165, 1.54) is 16.8 Å². The van der Waals surface area contributed by atoms with Gasteiger partial charge in [-0.25, -0.2) is 5.01 Å². The van der Waals surface area contributed by atoms with Gasteiger partial charge in [-0.2, -0.15) is 10.1 Å². The van der Waals surface area contributed by atoms with Crippen LogP contribution in [0.1, 0.15) is 17.9 Å². The molecule has 0 bridgehead atoms. The molecule has 1 aromatic heterocycles. The van der Waals surface area contributed by atoms with Gasteiger partial charge in [0.2, 0.25) is 11.7 Å². The Morgan fingerprint density at radius 3 is 2.75 bits per heavy atom. The van der Waals surface area contributed by atoms with E-state index in [2.05, 4.69) is 15.2 Å². The molecule has 8 heteroatoms. The lowest BCUT2D eigenvalue weighted by atomic mass is 10.1. The van der Waals surface area contributed by atoms with Crippen molar-refractivity contribution in [1.82, 2.24) is 15.1 Å². The average Bonchev–Trinajstić information content (AvgIpc) is 3.39. The fourth-order valence-electron chi connectivity index (χ4n) is 2.84. The summed E-state index contributed by atoms with van der Waals surface area (Å²) in [7, 11) is 0. The lowest BCUT2D eigenvalue weighted by Gasteiger charge is -2.10. The number of amides is 1. The van der Waals surface area contributed by atoms with Gasteiger partial charge in [-0.05, 0) is 17.7 Å². The second kappa shape index (κ2) is 8.58. The molecule has 0 spiro atoms. The first-order chi connectivity index (χ1) is 13.7. The molecule has 2 heterocycles. The number of halogens is 1. The van der Waals surface area contributed by atoms with Crippen molar-refractivity contribution in [2.24, 2.45) is 5.10 Å². The third kappa shape index (κ3) is 4.26. The molecular weight excluding hydrogens is 396 g/mol. The number of nitrogens with zero attached hydrogens (tertiary/aromatic N) is 4. The summed E-state index contributed by atoms with van der Waals surface area (Å²) in [5.41, 5.74) is 2.73. The van der Waals surface area contributed by atoms with Crippen molar-refractivity contribution >= 4 is 35.0 Å². The van der Waals surface area contributed by atoms with E-state index >= 15 is 0 Å². The van der Waals surface area contributed by atoms with Crippen molar-refractivity contribution in [3.63, 3.8) is 0 Å². The first-order valence-electron chi connectivity index (χ1n) is 8.79. The monoisotopic (exact) mass is 412 g/mol. The molecule has 2 aromatic carbocycles. The Hall–Kier alpha value is -2.64. The number of hydrogen-bond donors (Lipinski definition) is 0. The molecule has 28 heavy (non-hydrogen) atoms. The number of hydrogen-bond acceptors (Lipinski definition) is 6. The zero-order valence-electron chi connectivity index (χ0n) is 14.9. The Kier molecular flexibility index (Phi) is 5.73. The highest BCUT2D eigenvalue weighted by Crippen LogP contribution is 2.25. The van der Waals surface area contributed by atoms with Crippen LogP contribution in [0.4, 0.5) is 0 Å². The van der Waals surface area contributed by atoms with Crippen LogP contribution in [-0.2, 0) is 10.5 Å². The Balaban J connectivity index is 1.31. The standard InChI is InChI=1S/C20H17ClN4O2S/c21-16-9-5-4-8-15(16)20-22-18(27-24-20)12-28-13-19(26)25-11-10-17(23-25)14-6-2-1-3-7-14/h1-9H,10-13H2. The van der Waals surface area contributed by atoms with E-state index in [0.717, 1.165) is 23.3 Å². The third-order valence-corrected chi connectivity index (χ3v) is 5.46. The fraction of sp³-hybridized carbons (Fsp3) is 0.200. The molecule has 0 saturated heterocycles. The highest BCUT2D eigenvalue weighted by molar-refractivity contribution is 7.99. The van der Waals surface area contributed by atoms with Crippen molar-refractivity contribution < 1.29 is 9.32 Å². The maximum absolute atomic E-state index is 12.4. The Bertz CT molecular complexity index is 1010. The second-order valence-corrected chi connectivity index (χ2v) is 7.56. The Labute approximate surface area is 171 Å². The maximum atomic E-state index is 12.4. The summed E-state index contributed by atoms with van der Waals surface area (Å²) in [5.74, 6) is 1.63. The SMILES string of the molecule is O=C(CSCc1nc(-c2ccccc2Cl)no1)N1CCC(c2ccccc2)=N1. The predicted octanol–water partition coefficient (Wildman–Crippen LogP) is 4.26. The van der Waals surface area contributed by atoms with E-state index in [4.69, 9.17) is 16.1 Å². The van der Waals surface area contributed by atoms with Crippen molar-refractivity contribution in [1.29, 1.82) is 0 Å². The largest absolute Gasteiger partial charge is 0.338 e. The zero-order valence-corrected chi connectivity index (χ0v) is 16.5. The molecule has 6 nitrogen and oxygen atoms in total. The van der Waals surface area contributed by atoms with E-state index in [0.29, 0.717) is 34.8 Å².